The topological polar surface area (TPSA) is 24.9 Å². The van der Waals surface area contributed by atoms with Crippen molar-refractivity contribution in [3.63, 3.8) is 0 Å². The molecule has 15 heavy (non-hydrogen) atoms. The van der Waals surface area contributed by atoms with Gasteiger partial charge in [-0.05, 0) is 41.3 Å². The van der Waals surface area contributed by atoms with Crippen LogP contribution in [-0.2, 0) is 0 Å². The summed E-state index contributed by atoms with van der Waals surface area (Å²) in [6.07, 6.45) is 5.68. The molecule has 4 heteroatoms. The maximum absolute atomic E-state index is 5.83. The molecule has 0 aromatic carbocycles. The first kappa shape index (κ1) is 11.2. The fourth-order valence-corrected chi connectivity index (χ4v) is 2.42. The van der Waals surface area contributed by atoms with E-state index in [1.165, 1.54) is 19.3 Å². The molecule has 1 fully saturated rings. The summed E-state index contributed by atoms with van der Waals surface area (Å²) >= 11 is 9.28. The summed E-state index contributed by atoms with van der Waals surface area (Å²) in [6, 6.07) is 2.34. The summed E-state index contributed by atoms with van der Waals surface area (Å²) in [7, 11) is 0. The molecule has 0 aliphatic heterocycles. The van der Waals surface area contributed by atoms with Crippen LogP contribution in [0.15, 0.2) is 16.7 Å². The Labute approximate surface area is 104 Å². The fraction of sp³-hybridized carbons (Fsp3) is 0.545. The first-order valence-electron chi connectivity index (χ1n) is 5.22. The molecule has 1 heterocycles. The second-order valence-corrected chi connectivity index (χ2v) is 5.50. The SMILES string of the molecule is CC(CC1CC1)Nc1ncc(Cl)cc1Br. The normalized spacial score (nSPS) is 17.5. The summed E-state index contributed by atoms with van der Waals surface area (Å²) in [5.41, 5.74) is 0. The Balaban J connectivity index is 1.96. The lowest BCUT2D eigenvalue weighted by Gasteiger charge is -2.15. The van der Waals surface area contributed by atoms with Gasteiger partial charge in [-0.25, -0.2) is 4.98 Å². The van der Waals surface area contributed by atoms with Crippen LogP contribution in [0.1, 0.15) is 26.2 Å². The van der Waals surface area contributed by atoms with Crippen LogP contribution in [0.2, 0.25) is 5.02 Å². The van der Waals surface area contributed by atoms with Gasteiger partial charge in [0.1, 0.15) is 5.82 Å². The Kier molecular flexibility index (Phi) is 3.52. The van der Waals surface area contributed by atoms with E-state index in [1.807, 2.05) is 6.07 Å². The highest BCUT2D eigenvalue weighted by Crippen LogP contribution is 2.34. The van der Waals surface area contributed by atoms with Crippen molar-refractivity contribution in [3.8, 4) is 0 Å². The summed E-state index contributed by atoms with van der Waals surface area (Å²) in [5, 5.41) is 4.05. The van der Waals surface area contributed by atoms with Crippen molar-refractivity contribution in [3.05, 3.63) is 21.8 Å². The Hall–Kier alpha value is -0.280. The monoisotopic (exact) mass is 288 g/mol. The zero-order chi connectivity index (χ0) is 10.8. The molecule has 0 radical (unpaired) electrons. The molecule has 0 saturated heterocycles. The predicted octanol–water partition coefficient (Wildman–Crippen LogP) is 4.10. The predicted molar refractivity (Wildman–Crippen MR) is 67.4 cm³/mol. The molecule has 0 spiro atoms. The van der Waals surface area contributed by atoms with Gasteiger partial charge in [-0.2, -0.15) is 0 Å². The second-order valence-electron chi connectivity index (χ2n) is 4.21. The van der Waals surface area contributed by atoms with Crippen LogP contribution in [0, 0.1) is 5.92 Å². The van der Waals surface area contributed by atoms with Crippen LogP contribution in [0.3, 0.4) is 0 Å². The number of nitrogens with zero attached hydrogens (tertiary/aromatic N) is 1. The van der Waals surface area contributed by atoms with Crippen molar-refractivity contribution < 1.29 is 0 Å². The number of nitrogens with one attached hydrogen (secondary N) is 1. The van der Waals surface area contributed by atoms with E-state index in [9.17, 15) is 0 Å². The lowest BCUT2D eigenvalue weighted by molar-refractivity contribution is 0.640. The quantitative estimate of drug-likeness (QED) is 0.903. The molecule has 1 aliphatic carbocycles. The van der Waals surface area contributed by atoms with Gasteiger partial charge in [0.05, 0.1) is 9.50 Å². The number of rotatable bonds is 4. The van der Waals surface area contributed by atoms with Gasteiger partial charge in [-0.3, -0.25) is 0 Å². The molecule has 1 aromatic heterocycles. The van der Waals surface area contributed by atoms with Crippen LogP contribution >= 0.6 is 27.5 Å². The van der Waals surface area contributed by atoms with Crippen molar-refractivity contribution in [1.82, 2.24) is 4.98 Å². The maximum atomic E-state index is 5.83. The van der Waals surface area contributed by atoms with E-state index in [2.05, 4.69) is 33.2 Å². The number of halogens is 2. The first-order chi connectivity index (χ1) is 7.15. The number of hydrogen-bond acceptors (Lipinski definition) is 2. The van der Waals surface area contributed by atoms with E-state index in [0.29, 0.717) is 11.1 Å². The molecule has 1 atom stereocenters. The van der Waals surface area contributed by atoms with Gasteiger partial charge in [0.15, 0.2) is 0 Å². The Morgan fingerprint density at radius 2 is 2.40 bits per heavy atom. The number of hydrogen-bond donors (Lipinski definition) is 1. The third-order valence-corrected chi connectivity index (χ3v) is 3.39. The van der Waals surface area contributed by atoms with E-state index >= 15 is 0 Å². The third kappa shape index (κ3) is 3.35. The molecule has 0 amide bonds. The van der Waals surface area contributed by atoms with Crippen molar-refractivity contribution in [2.75, 3.05) is 5.32 Å². The van der Waals surface area contributed by atoms with E-state index in [0.717, 1.165) is 16.2 Å². The summed E-state index contributed by atoms with van der Waals surface area (Å²) in [4.78, 5) is 4.26. The van der Waals surface area contributed by atoms with Gasteiger partial charge in [-0.15, -0.1) is 0 Å². The van der Waals surface area contributed by atoms with Gasteiger partial charge >= 0.3 is 0 Å². The van der Waals surface area contributed by atoms with Crippen molar-refractivity contribution in [2.24, 2.45) is 5.92 Å². The average molecular weight is 290 g/mol. The standard InChI is InChI=1S/C11H14BrClN2/c1-7(4-8-2-3-8)15-11-10(12)5-9(13)6-14-11/h5-8H,2-4H2,1H3,(H,14,15). The van der Waals surface area contributed by atoms with Crippen molar-refractivity contribution >= 4 is 33.3 Å². The summed E-state index contributed by atoms with van der Waals surface area (Å²) < 4.78 is 0.928. The van der Waals surface area contributed by atoms with Crippen LogP contribution < -0.4 is 5.32 Å². The van der Waals surface area contributed by atoms with Crippen LogP contribution in [-0.4, -0.2) is 11.0 Å². The molecule has 0 bridgehead atoms. The average Bonchev–Trinajstić information content (AvgIpc) is 2.94. The molecular formula is C11H14BrClN2. The molecule has 1 N–H and O–H groups in total. The van der Waals surface area contributed by atoms with Gasteiger partial charge in [0.25, 0.3) is 0 Å². The Morgan fingerprint density at radius 3 is 3.00 bits per heavy atom. The van der Waals surface area contributed by atoms with E-state index < -0.39 is 0 Å². The molecule has 82 valence electrons. The molecule has 1 aliphatic rings. The summed E-state index contributed by atoms with van der Waals surface area (Å²) in [6.45, 7) is 2.20. The lowest BCUT2D eigenvalue weighted by atomic mass is 10.1. The molecule has 1 aromatic rings. The van der Waals surface area contributed by atoms with Gasteiger partial charge < -0.3 is 5.32 Å². The minimum atomic E-state index is 0.475. The number of pyridine rings is 1. The highest BCUT2D eigenvalue weighted by atomic mass is 79.9. The Morgan fingerprint density at radius 1 is 1.67 bits per heavy atom. The molecule has 2 nitrogen and oxygen atoms in total. The van der Waals surface area contributed by atoms with Crippen LogP contribution in [0.4, 0.5) is 5.82 Å². The minimum Gasteiger partial charge on any atom is -0.367 e. The smallest absolute Gasteiger partial charge is 0.140 e. The number of anilines is 1. The largest absolute Gasteiger partial charge is 0.367 e. The van der Waals surface area contributed by atoms with Crippen molar-refractivity contribution in [2.45, 2.75) is 32.2 Å². The summed E-state index contributed by atoms with van der Waals surface area (Å²) in [5.74, 6) is 1.81. The minimum absolute atomic E-state index is 0.475. The molecule has 2 rings (SSSR count). The highest BCUT2D eigenvalue weighted by Gasteiger charge is 2.23. The zero-order valence-electron chi connectivity index (χ0n) is 8.63. The highest BCUT2D eigenvalue weighted by molar-refractivity contribution is 9.10. The van der Waals surface area contributed by atoms with E-state index in [4.69, 9.17) is 11.6 Å². The molecular weight excluding hydrogens is 275 g/mol. The zero-order valence-corrected chi connectivity index (χ0v) is 11.0. The third-order valence-electron chi connectivity index (χ3n) is 2.57. The second kappa shape index (κ2) is 4.71. The van der Waals surface area contributed by atoms with Crippen LogP contribution in [0.25, 0.3) is 0 Å². The first-order valence-corrected chi connectivity index (χ1v) is 6.40. The molecule has 1 unspecified atom stereocenters. The van der Waals surface area contributed by atoms with Gasteiger partial charge in [0.2, 0.25) is 0 Å². The Bertz CT molecular complexity index is 352. The van der Waals surface area contributed by atoms with Gasteiger partial charge in [0, 0.05) is 12.2 Å². The molecule has 1 saturated carbocycles. The van der Waals surface area contributed by atoms with Crippen molar-refractivity contribution in [1.29, 1.82) is 0 Å². The number of aromatic nitrogens is 1. The fourth-order valence-electron chi connectivity index (χ4n) is 1.67. The van der Waals surface area contributed by atoms with Gasteiger partial charge in [-0.1, -0.05) is 24.4 Å². The maximum Gasteiger partial charge on any atom is 0.140 e. The van der Waals surface area contributed by atoms with Crippen LogP contribution in [0.5, 0.6) is 0 Å². The van der Waals surface area contributed by atoms with E-state index in [1.54, 1.807) is 6.20 Å². The van der Waals surface area contributed by atoms with E-state index in [-0.39, 0.29) is 0 Å². The lowest BCUT2D eigenvalue weighted by Crippen LogP contribution is -2.16.